The minimum absolute atomic E-state index is 0. The molecule has 1 aliphatic heterocycles. The van der Waals surface area contributed by atoms with Crippen LogP contribution in [0.4, 0.5) is 11.4 Å². The van der Waals surface area contributed by atoms with E-state index in [1.54, 1.807) is 0 Å². The van der Waals surface area contributed by atoms with Gasteiger partial charge in [0.1, 0.15) is 11.7 Å². The molecular weight excluding hydrogens is 563 g/mol. The Balaban J connectivity index is 0.00000441. The Hall–Kier alpha value is -2.44. The van der Waals surface area contributed by atoms with Crippen molar-refractivity contribution in [2.75, 3.05) is 49.1 Å². The molecule has 0 amide bonds. The number of hydrogen-bond acceptors (Lipinski definition) is 4. The molecule has 8 heteroatoms. The zero-order valence-electron chi connectivity index (χ0n) is 26.1. The van der Waals surface area contributed by atoms with Crippen molar-refractivity contribution >= 4 is 47.9 Å². The van der Waals surface area contributed by atoms with E-state index in [-0.39, 0.29) is 24.8 Å². The highest BCUT2D eigenvalue weighted by Crippen LogP contribution is 2.22. The first-order valence-corrected chi connectivity index (χ1v) is 15.9. The van der Waals surface area contributed by atoms with Crippen LogP contribution in [0.2, 0.25) is 0 Å². The fourth-order valence-electron chi connectivity index (χ4n) is 5.27. The number of unbranched alkanes of at least 4 members (excludes halogenated alkanes) is 10. The van der Waals surface area contributed by atoms with Crippen molar-refractivity contribution in [3.8, 4) is 0 Å². The van der Waals surface area contributed by atoms with E-state index in [1.807, 2.05) is 0 Å². The number of nitrogens with two attached hydrogens (primary N) is 2. The summed E-state index contributed by atoms with van der Waals surface area (Å²) in [5.41, 5.74) is 17.1. The Morgan fingerprint density at radius 3 is 1.17 bits per heavy atom. The molecule has 1 aliphatic rings. The normalized spacial score (nSPS) is 14.0. The molecular formula is C34H56Cl2N6. The Labute approximate surface area is 268 Å². The molecule has 0 aromatic heterocycles. The molecule has 2 aromatic rings. The summed E-state index contributed by atoms with van der Waals surface area (Å²) < 4.78 is 0. The van der Waals surface area contributed by atoms with Gasteiger partial charge in [-0.3, -0.25) is 9.98 Å². The van der Waals surface area contributed by atoms with Crippen molar-refractivity contribution in [3.63, 3.8) is 0 Å². The lowest BCUT2D eigenvalue weighted by molar-refractivity contribution is 0.612. The zero-order valence-corrected chi connectivity index (χ0v) is 27.7. The van der Waals surface area contributed by atoms with E-state index >= 15 is 0 Å². The molecule has 236 valence electrons. The van der Waals surface area contributed by atoms with Crippen molar-refractivity contribution < 1.29 is 0 Å². The SMILES string of the molecule is CCCCCCCCN=C(N)c1ccc(N2CCN(c3ccc(C(N)=NCCCCCCCC)cc3)CC2)cc1.Cl.Cl. The molecule has 0 saturated carbocycles. The van der Waals surface area contributed by atoms with E-state index < -0.39 is 0 Å². The minimum atomic E-state index is 0. The molecule has 42 heavy (non-hydrogen) atoms. The summed E-state index contributed by atoms with van der Waals surface area (Å²) in [6, 6.07) is 17.2. The molecule has 1 heterocycles. The molecule has 0 atom stereocenters. The van der Waals surface area contributed by atoms with E-state index in [2.05, 4.69) is 82.2 Å². The van der Waals surface area contributed by atoms with Crippen LogP contribution in [-0.4, -0.2) is 50.9 Å². The van der Waals surface area contributed by atoms with E-state index in [0.717, 1.165) is 63.2 Å². The maximum absolute atomic E-state index is 6.26. The van der Waals surface area contributed by atoms with Crippen LogP contribution < -0.4 is 21.3 Å². The summed E-state index contributed by atoms with van der Waals surface area (Å²) in [4.78, 5) is 14.1. The third kappa shape index (κ3) is 13.2. The molecule has 4 N–H and O–H groups in total. The van der Waals surface area contributed by atoms with Crippen molar-refractivity contribution in [2.24, 2.45) is 21.5 Å². The van der Waals surface area contributed by atoms with Gasteiger partial charge in [0.2, 0.25) is 0 Å². The third-order valence-electron chi connectivity index (χ3n) is 7.92. The summed E-state index contributed by atoms with van der Waals surface area (Å²) in [6.45, 7) is 10.1. The van der Waals surface area contributed by atoms with Gasteiger partial charge >= 0.3 is 0 Å². The van der Waals surface area contributed by atoms with Crippen LogP contribution in [-0.2, 0) is 0 Å². The lowest BCUT2D eigenvalue weighted by Crippen LogP contribution is -2.46. The van der Waals surface area contributed by atoms with E-state index in [1.165, 1.54) is 75.6 Å². The van der Waals surface area contributed by atoms with E-state index in [9.17, 15) is 0 Å². The second kappa shape index (κ2) is 22.1. The van der Waals surface area contributed by atoms with Crippen LogP contribution in [0.1, 0.15) is 102 Å². The number of halogens is 2. The predicted molar refractivity (Wildman–Crippen MR) is 190 cm³/mol. The average Bonchev–Trinajstić information content (AvgIpc) is 3.00. The molecule has 2 aromatic carbocycles. The zero-order chi connectivity index (χ0) is 28.4. The Morgan fingerprint density at radius 2 is 0.833 bits per heavy atom. The van der Waals surface area contributed by atoms with Crippen molar-refractivity contribution in [3.05, 3.63) is 59.7 Å². The first-order valence-electron chi connectivity index (χ1n) is 15.9. The number of amidine groups is 2. The topological polar surface area (TPSA) is 83.2 Å². The van der Waals surface area contributed by atoms with Gasteiger partial charge in [0.05, 0.1) is 0 Å². The average molecular weight is 620 g/mol. The fourth-order valence-corrected chi connectivity index (χ4v) is 5.27. The van der Waals surface area contributed by atoms with Crippen LogP contribution in [0.3, 0.4) is 0 Å². The standard InChI is InChI=1S/C34H54N6.2ClH/c1-3-5-7-9-11-13-23-37-33(35)29-15-19-31(20-16-29)39-25-27-40(28-26-39)32-21-17-30(18-22-32)34(36)38-24-14-12-10-8-6-4-2;;/h15-22H,3-14,23-28H2,1-2H3,(H2,35,37)(H2,36,38);2*1H. The quantitative estimate of drug-likeness (QED) is 0.101. The summed E-state index contributed by atoms with van der Waals surface area (Å²) >= 11 is 0. The third-order valence-corrected chi connectivity index (χ3v) is 7.92. The van der Waals surface area contributed by atoms with Gasteiger partial charge < -0.3 is 21.3 Å². The number of piperazine rings is 1. The predicted octanol–water partition coefficient (Wildman–Crippen LogP) is 7.99. The molecule has 3 rings (SSSR count). The summed E-state index contributed by atoms with van der Waals surface area (Å²) in [6.07, 6.45) is 15.3. The summed E-state index contributed by atoms with van der Waals surface area (Å²) in [5, 5.41) is 0. The van der Waals surface area contributed by atoms with Crippen molar-refractivity contribution in [2.45, 2.75) is 90.9 Å². The number of hydrogen-bond donors (Lipinski definition) is 2. The van der Waals surface area contributed by atoms with Crippen LogP contribution in [0.15, 0.2) is 58.5 Å². The van der Waals surface area contributed by atoms with Gasteiger partial charge in [0.15, 0.2) is 0 Å². The second-order valence-corrected chi connectivity index (χ2v) is 11.1. The molecule has 1 fully saturated rings. The van der Waals surface area contributed by atoms with Gasteiger partial charge in [-0.25, -0.2) is 0 Å². The number of anilines is 2. The Bertz CT molecular complexity index is 932. The first kappa shape index (κ1) is 37.6. The van der Waals surface area contributed by atoms with Gasteiger partial charge in [-0.05, 0) is 61.4 Å². The lowest BCUT2D eigenvalue weighted by Gasteiger charge is -2.37. The molecule has 6 nitrogen and oxygen atoms in total. The Kier molecular flexibility index (Phi) is 19.8. The molecule has 0 aliphatic carbocycles. The number of benzene rings is 2. The van der Waals surface area contributed by atoms with E-state index in [4.69, 9.17) is 11.5 Å². The molecule has 0 bridgehead atoms. The van der Waals surface area contributed by atoms with E-state index in [0.29, 0.717) is 11.7 Å². The van der Waals surface area contributed by atoms with Gasteiger partial charge in [0, 0.05) is 61.8 Å². The van der Waals surface area contributed by atoms with Gasteiger partial charge in [0.25, 0.3) is 0 Å². The number of nitrogens with zero attached hydrogens (tertiary/aromatic N) is 4. The maximum atomic E-state index is 6.26. The largest absolute Gasteiger partial charge is 0.384 e. The molecule has 0 spiro atoms. The van der Waals surface area contributed by atoms with Gasteiger partial charge in [-0.15, -0.1) is 24.8 Å². The highest BCUT2D eigenvalue weighted by molar-refractivity contribution is 5.98. The Morgan fingerprint density at radius 1 is 0.524 bits per heavy atom. The van der Waals surface area contributed by atoms with Gasteiger partial charge in [-0.1, -0.05) is 78.1 Å². The first-order chi connectivity index (χ1) is 19.6. The highest BCUT2D eigenvalue weighted by atomic mass is 35.5. The van der Waals surface area contributed by atoms with Crippen molar-refractivity contribution in [1.82, 2.24) is 0 Å². The van der Waals surface area contributed by atoms with Crippen LogP contribution in [0, 0.1) is 0 Å². The second-order valence-electron chi connectivity index (χ2n) is 11.1. The van der Waals surface area contributed by atoms with Crippen molar-refractivity contribution in [1.29, 1.82) is 0 Å². The fraction of sp³-hybridized carbons (Fsp3) is 0.588. The summed E-state index contributed by atoms with van der Waals surface area (Å²) in [7, 11) is 0. The van der Waals surface area contributed by atoms with Crippen LogP contribution >= 0.6 is 24.8 Å². The number of aliphatic imine (C=N–C) groups is 2. The van der Waals surface area contributed by atoms with Crippen LogP contribution in [0.5, 0.6) is 0 Å². The smallest absolute Gasteiger partial charge is 0.125 e. The maximum Gasteiger partial charge on any atom is 0.125 e. The minimum Gasteiger partial charge on any atom is -0.384 e. The van der Waals surface area contributed by atoms with Gasteiger partial charge in [-0.2, -0.15) is 0 Å². The summed E-state index contributed by atoms with van der Waals surface area (Å²) in [5.74, 6) is 1.31. The highest BCUT2D eigenvalue weighted by Gasteiger charge is 2.18. The molecule has 0 unspecified atom stereocenters. The monoisotopic (exact) mass is 618 g/mol. The van der Waals surface area contributed by atoms with Crippen LogP contribution in [0.25, 0.3) is 0 Å². The number of rotatable bonds is 18. The molecule has 1 saturated heterocycles. The molecule has 0 radical (unpaired) electrons. The lowest BCUT2D eigenvalue weighted by atomic mass is 10.1.